The molecule has 0 bridgehead atoms. The van der Waals surface area contributed by atoms with Gasteiger partial charge >= 0.3 is 0 Å². The van der Waals surface area contributed by atoms with E-state index in [0.29, 0.717) is 6.04 Å². The number of hydrogen-bond acceptors (Lipinski definition) is 4. The summed E-state index contributed by atoms with van der Waals surface area (Å²) in [6, 6.07) is 0.709. The SMILES string of the molecule is CCNc1ncc(C)c(N2CCCC2C2CCCC2)n1. The number of nitrogens with zero attached hydrogens (tertiary/aromatic N) is 3. The van der Waals surface area contributed by atoms with Gasteiger partial charge in [0, 0.05) is 30.9 Å². The van der Waals surface area contributed by atoms with Crippen LogP contribution in [0.5, 0.6) is 0 Å². The molecule has 3 rings (SSSR count). The fourth-order valence-electron chi connectivity index (χ4n) is 3.85. The van der Waals surface area contributed by atoms with Gasteiger partial charge in [-0.3, -0.25) is 0 Å². The monoisotopic (exact) mass is 274 g/mol. The van der Waals surface area contributed by atoms with E-state index in [1.165, 1.54) is 44.1 Å². The van der Waals surface area contributed by atoms with E-state index in [2.05, 4.69) is 29.0 Å². The average molecular weight is 274 g/mol. The van der Waals surface area contributed by atoms with Crippen LogP contribution < -0.4 is 10.2 Å². The molecule has 4 nitrogen and oxygen atoms in total. The Morgan fingerprint density at radius 3 is 2.80 bits per heavy atom. The van der Waals surface area contributed by atoms with Gasteiger partial charge in [-0.25, -0.2) is 4.98 Å². The van der Waals surface area contributed by atoms with Crippen molar-refractivity contribution in [2.75, 3.05) is 23.3 Å². The highest BCUT2D eigenvalue weighted by molar-refractivity contribution is 5.50. The molecule has 1 aromatic rings. The third kappa shape index (κ3) is 2.60. The molecule has 1 aliphatic heterocycles. The summed E-state index contributed by atoms with van der Waals surface area (Å²) in [6.45, 7) is 6.24. The maximum absolute atomic E-state index is 4.77. The molecule has 0 spiro atoms. The predicted molar refractivity (Wildman–Crippen MR) is 83.3 cm³/mol. The van der Waals surface area contributed by atoms with Gasteiger partial charge in [0.1, 0.15) is 5.82 Å². The summed E-state index contributed by atoms with van der Waals surface area (Å²) in [7, 11) is 0. The Hall–Kier alpha value is -1.32. The van der Waals surface area contributed by atoms with Crippen LogP contribution in [0.25, 0.3) is 0 Å². The summed E-state index contributed by atoms with van der Waals surface area (Å²) in [5, 5.41) is 3.23. The lowest BCUT2D eigenvalue weighted by molar-refractivity contribution is 0.429. The first-order valence-electron chi connectivity index (χ1n) is 8.13. The second kappa shape index (κ2) is 5.98. The van der Waals surface area contributed by atoms with Crippen LogP contribution in [0.3, 0.4) is 0 Å². The Morgan fingerprint density at radius 2 is 2.05 bits per heavy atom. The highest BCUT2D eigenvalue weighted by Gasteiger charge is 2.34. The topological polar surface area (TPSA) is 41.1 Å². The fourth-order valence-corrected chi connectivity index (χ4v) is 3.85. The van der Waals surface area contributed by atoms with Crippen molar-refractivity contribution in [3.05, 3.63) is 11.8 Å². The molecule has 2 heterocycles. The number of nitrogens with one attached hydrogen (secondary N) is 1. The van der Waals surface area contributed by atoms with Crippen molar-refractivity contribution in [2.24, 2.45) is 5.92 Å². The highest BCUT2D eigenvalue weighted by Crippen LogP contribution is 2.38. The van der Waals surface area contributed by atoms with Crippen LogP contribution in [0.4, 0.5) is 11.8 Å². The summed E-state index contributed by atoms with van der Waals surface area (Å²) in [5.41, 5.74) is 1.21. The molecule has 1 saturated heterocycles. The quantitative estimate of drug-likeness (QED) is 0.914. The Labute approximate surface area is 122 Å². The second-order valence-electron chi connectivity index (χ2n) is 6.18. The summed E-state index contributed by atoms with van der Waals surface area (Å²) < 4.78 is 0. The molecular weight excluding hydrogens is 248 g/mol. The van der Waals surface area contributed by atoms with Gasteiger partial charge in [0.2, 0.25) is 5.95 Å². The van der Waals surface area contributed by atoms with Crippen molar-refractivity contribution in [2.45, 2.75) is 58.4 Å². The zero-order chi connectivity index (χ0) is 13.9. The minimum atomic E-state index is 0.709. The minimum absolute atomic E-state index is 0.709. The number of hydrogen-bond donors (Lipinski definition) is 1. The fraction of sp³-hybridized carbons (Fsp3) is 0.750. The summed E-state index contributed by atoms with van der Waals surface area (Å²) >= 11 is 0. The maximum Gasteiger partial charge on any atom is 0.224 e. The molecule has 2 aliphatic rings. The summed E-state index contributed by atoms with van der Waals surface area (Å²) in [5.74, 6) is 2.81. The van der Waals surface area contributed by atoms with E-state index >= 15 is 0 Å². The van der Waals surface area contributed by atoms with Gasteiger partial charge in [-0.2, -0.15) is 4.98 Å². The Bertz CT molecular complexity index is 454. The number of aromatic nitrogens is 2. The lowest BCUT2D eigenvalue weighted by atomic mass is 9.96. The predicted octanol–water partition coefficient (Wildman–Crippen LogP) is 3.38. The van der Waals surface area contributed by atoms with Crippen LogP contribution in [0, 0.1) is 12.8 Å². The molecular formula is C16H26N4. The number of aryl methyl sites for hydroxylation is 1. The van der Waals surface area contributed by atoms with Gasteiger partial charge in [0.05, 0.1) is 0 Å². The maximum atomic E-state index is 4.77. The third-order valence-corrected chi connectivity index (χ3v) is 4.80. The zero-order valence-electron chi connectivity index (χ0n) is 12.7. The van der Waals surface area contributed by atoms with E-state index in [9.17, 15) is 0 Å². The molecule has 110 valence electrons. The normalized spacial score (nSPS) is 23.5. The van der Waals surface area contributed by atoms with Gasteiger partial charge < -0.3 is 10.2 Å². The Morgan fingerprint density at radius 1 is 1.25 bits per heavy atom. The Balaban J connectivity index is 1.84. The second-order valence-corrected chi connectivity index (χ2v) is 6.18. The number of rotatable bonds is 4. The van der Waals surface area contributed by atoms with E-state index in [1.807, 2.05) is 6.20 Å². The molecule has 2 fully saturated rings. The molecule has 20 heavy (non-hydrogen) atoms. The molecule has 1 unspecified atom stereocenters. The van der Waals surface area contributed by atoms with Crippen molar-refractivity contribution in [3.63, 3.8) is 0 Å². The highest BCUT2D eigenvalue weighted by atomic mass is 15.3. The lowest BCUT2D eigenvalue weighted by Crippen LogP contribution is -2.35. The lowest BCUT2D eigenvalue weighted by Gasteiger charge is -2.31. The molecule has 1 aromatic heterocycles. The smallest absolute Gasteiger partial charge is 0.224 e. The van der Waals surface area contributed by atoms with Crippen LogP contribution in [0.1, 0.15) is 51.0 Å². The first kappa shape index (κ1) is 13.7. The molecule has 0 amide bonds. The molecule has 1 saturated carbocycles. The van der Waals surface area contributed by atoms with Gasteiger partial charge in [0.25, 0.3) is 0 Å². The van der Waals surface area contributed by atoms with E-state index in [-0.39, 0.29) is 0 Å². The van der Waals surface area contributed by atoms with Crippen LogP contribution in [-0.4, -0.2) is 29.1 Å². The summed E-state index contributed by atoms with van der Waals surface area (Å²) in [4.78, 5) is 11.7. The largest absolute Gasteiger partial charge is 0.354 e. The standard InChI is InChI=1S/C16H26N4/c1-3-17-16-18-11-12(2)15(19-16)20-10-6-9-14(20)13-7-4-5-8-13/h11,13-14H,3-10H2,1-2H3,(H,17,18,19). The molecule has 0 aromatic carbocycles. The van der Waals surface area contributed by atoms with E-state index in [0.717, 1.165) is 30.8 Å². The molecule has 1 N–H and O–H groups in total. The minimum Gasteiger partial charge on any atom is -0.354 e. The number of anilines is 2. The summed E-state index contributed by atoms with van der Waals surface area (Å²) in [6.07, 6.45) is 10.3. The zero-order valence-corrected chi connectivity index (χ0v) is 12.7. The average Bonchev–Trinajstić information content (AvgIpc) is 3.10. The van der Waals surface area contributed by atoms with E-state index < -0.39 is 0 Å². The van der Waals surface area contributed by atoms with Crippen molar-refractivity contribution in [3.8, 4) is 0 Å². The molecule has 0 radical (unpaired) electrons. The molecule has 1 aliphatic carbocycles. The van der Waals surface area contributed by atoms with Crippen LogP contribution >= 0.6 is 0 Å². The van der Waals surface area contributed by atoms with Crippen molar-refractivity contribution in [1.82, 2.24) is 9.97 Å². The molecule has 4 heteroatoms. The first-order valence-corrected chi connectivity index (χ1v) is 8.13. The van der Waals surface area contributed by atoms with Crippen LogP contribution in [0.2, 0.25) is 0 Å². The van der Waals surface area contributed by atoms with Gasteiger partial charge in [-0.15, -0.1) is 0 Å². The van der Waals surface area contributed by atoms with Gasteiger partial charge in [-0.05, 0) is 45.4 Å². The third-order valence-electron chi connectivity index (χ3n) is 4.80. The Kier molecular flexibility index (Phi) is 4.08. The van der Waals surface area contributed by atoms with Crippen LogP contribution in [0.15, 0.2) is 6.20 Å². The van der Waals surface area contributed by atoms with Crippen LogP contribution in [-0.2, 0) is 0 Å². The van der Waals surface area contributed by atoms with Gasteiger partial charge in [0.15, 0.2) is 0 Å². The molecule has 1 atom stereocenters. The van der Waals surface area contributed by atoms with Gasteiger partial charge in [-0.1, -0.05) is 12.8 Å². The van der Waals surface area contributed by atoms with E-state index in [1.54, 1.807) is 0 Å². The van der Waals surface area contributed by atoms with Crippen molar-refractivity contribution < 1.29 is 0 Å². The van der Waals surface area contributed by atoms with Crippen molar-refractivity contribution in [1.29, 1.82) is 0 Å². The van der Waals surface area contributed by atoms with E-state index in [4.69, 9.17) is 4.98 Å². The first-order chi connectivity index (χ1) is 9.79. The van der Waals surface area contributed by atoms with Crippen molar-refractivity contribution >= 4 is 11.8 Å².